The lowest BCUT2D eigenvalue weighted by Crippen LogP contribution is -1.69. The zero-order valence-electron chi connectivity index (χ0n) is 5.09. The quantitative estimate of drug-likeness (QED) is 0.561. The highest BCUT2D eigenvalue weighted by Crippen LogP contribution is 2.19. The SMILES string of the molecule is Cc1cc([O])cc(O)c1. The van der Waals surface area contributed by atoms with Crippen LogP contribution in [0.15, 0.2) is 18.2 Å². The summed E-state index contributed by atoms with van der Waals surface area (Å²) in [7, 11) is 0. The van der Waals surface area contributed by atoms with Gasteiger partial charge in [0.15, 0.2) is 5.75 Å². The number of rotatable bonds is 0. The number of hydrogen-bond acceptors (Lipinski definition) is 1. The molecule has 0 aromatic heterocycles. The third-order valence-corrected chi connectivity index (χ3v) is 1.04. The Bertz CT molecular complexity index is 168. The minimum Gasteiger partial charge on any atom is -0.508 e. The minimum atomic E-state index is -0.146. The van der Waals surface area contributed by atoms with Gasteiger partial charge in [-0.2, -0.15) is 0 Å². The second-order valence-electron chi connectivity index (χ2n) is 2.00. The Morgan fingerprint density at radius 3 is 2.44 bits per heavy atom. The summed E-state index contributed by atoms with van der Waals surface area (Å²) in [5.41, 5.74) is 0.792. The number of aryl methyl sites for hydroxylation is 1. The van der Waals surface area contributed by atoms with Crippen LogP contribution in [0.25, 0.3) is 0 Å². The Kier molecular flexibility index (Phi) is 1.30. The van der Waals surface area contributed by atoms with Crippen LogP contribution in [-0.2, 0) is 5.11 Å². The molecule has 0 atom stereocenters. The molecule has 0 unspecified atom stereocenters. The second-order valence-corrected chi connectivity index (χ2v) is 2.00. The molecule has 0 amide bonds. The first-order chi connectivity index (χ1) is 4.18. The lowest BCUT2D eigenvalue weighted by atomic mass is 10.2. The van der Waals surface area contributed by atoms with Crippen molar-refractivity contribution in [3.63, 3.8) is 0 Å². The fourth-order valence-electron chi connectivity index (χ4n) is 0.728. The number of phenols is 1. The van der Waals surface area contributed by atoms with Crippen molar-refractivity contribution in [2.24, 2.45) is 0 Å². The van der Waals surface area contributed by atoms with Gasteiger partial charge in [0.25, 0.3) is 0 Å². The van der Waals surface area contributed by atoms with Crippen LogP contribution in [0.3, 0.4) is 0 Å². The summed E-state index contributed by atoms with van der Waals surface area (Å²) in [6.07, 6.45) is 0. The summed E-state index contributed by atoms with van der Waals surface area (Å²) in [5, 5.41) is 19.3. The largest absolute Gasteiger partial charge is 0.508 e. The van der Waals surface area contributed by atoms with Crippen molar-refractivity contribution in [3.05, 3.63) is 23.8 Å². The molecule has 0 saturated heterocycles. The molecular formula is C7H7O2. The van der Waals surface area contributed by atoms with Crippen LogP contribution in [-0.4, -0.2) is 5.11 Å². The van der Waals surface area contributed by atoms with Gasteiger partial charge in [0, 0.05) is 6.07 Å². The number of benzene rings is 1. The van der Waals surface area contributed by atoms with E-state index in [1.54, 1.807) is 13.0 Å². The van der Waals surface area contributed by atoms with E-state index in [9.17, 15) is 5.11 Å². The number of aromatic hydroxyl groups is 1. The van der Waals surface area contributed by atoms with E-state index in [4.69, 9.17) is 5.11 Å². The molecule has 1 rings (SSSR count). The van der Waals surface area contributed by atoms with Gasteiger partial charge in [-0.15, -0.1) is 0 Å². The first-order valence-corrected chi connectivity index (χ1v) is 2.66. The molecular weight excluding hydrogens is 116 g/mol. The highest BCUT2D eigenvalue weighted by atomic mass is 16.3. The maximum atomic E-state index is 10.6. The van der Waals surface area contributed by atoms with E-state index in [0.29, 0.717) is 0 Å². The summed E-state index contributed by atoms with van der Waals surface area (Å²) in [4.78, 5) is 0. The first-order valence-electron chi connectivity index (χ1n) is 2.66. The van der Waals surface area contributed by atoms with E-state index in [0.717, 1.165) is 5.56 Å². The maximum Gasteiger partial charge on any atom is 0.182 e. The fraction of sp³-hybridized carbons (Fsp3) is 0.143. The Balaban J connectivity index is 3.17. The molecule has 0 heterocycles. The van der Waals surface area contributed by atoms with Gasteiger partial charge < -0.3 is 5.11 Å². The predicted molar refractivity (Wildman–Crippen MR) is 33.0 cm³/mol. The maximum absolute atomic E-state index is 10.6. The van der Waals surface area contributed by atoms with E-state index in [1.807, 2.05) is 0 Å². The zero-order valence-corrected chi connectivity index (χ0v) is 5.09. The van der Waals surface area contributed by atoms with Gasteiger partial charge in [-0.05, 0) is 24.6 Å². The minimum absolute atomic E-state index is 0.0417. The van der Waals surface area contributed by atoms with E-state index >= 15 is 0 Å². The third-order valence-electron chi connectivity index (χ3n) is 1.04. The second kappa shape index (κ2) is 1.97. The normalized spacial score (nSPS) is 9.44. The van der Waals surface area contributed by atoms with Crippen molar-refractivity contribution in [2.45, 2.75) is 6.92 Å². The van der Waals surface area contributed by atoms with Gasteiger partial charge in [0.2, 0.25) is 0 Å². The average Bonchev–Trinajstić information content (AvgIpc) is 1.59. The molecule has 1 aromatic carbocycles. The van der Waals surface area contributed by atoms with Crippen molar-refractivity contribution in [1.29, 1.82) is 0 Å². The molecule has 0 spiro atoms. The van der Waals surface area contributed by atoms with Crippen molar-refractivity contribution in [2.75, 3.05) is 0 Å². The Morgan fingerprint density at radius 2 is 2.00 bits per heavy atom. The number of hydrogen-bond donors (Lipinski definition) is 1. The van der Waals surface area contributed by atoms with Crippen LogP contribution >= 0.6 is 0 Å². The summed E-state index contributed by atoms with van der Waals surface area (Å²) in [6.45, 7) is 1.76. The van der Waals surface area contributed by atoms with Crippen LogP contribution in [0.4, 0.5) is 0 Å². The lowest BCUT2D eigenvalue weighted by molar-refractivity contribution is 0.351. The molecule has 1 radical (unpaired) electrons. The molecule has 2 nitrogen and oxygen atoms in total. The highest BCUT2D eigenvalue weighted by molar-refractivity contribution is 5.35. The van der Waals surface area contributed by atoms with Crippen LogP contribution in [0.5, 0.6) is 11.5 Å². The van der Waals surface area contributed by atoms with Crippen LogP contribution < -0.4 is 0 Å². The van der Waals surface area contributed by atoms with E-state index in [2.05, 4.69) is 0 Å². The van der Waals surface area contributed by atoms with Gasteiger partial charge >= 0.3 is 0 Å². The summed E-state index contributed by atoms with van der Waals surface area (Å²) >= 11 is 0. The van der Waals surface area contributed by atoms with Gasteiger partial charge in [-0.3, -0.25) is 5.11 Å². The standard InChI is InChI=1S/C7H7O2/c1-5-2-6(8)4-7(9)3-5/h2-4,8H,1H3. The molecule has 0 aliphatic heterocycles. The van der Waals surface area contributed by atoms with Crippen LogP contribution in [0.1, 0.15) is 5.56 Å². The number of phenolic OH excluding ortho intramolecular Hbond substituents is 1. The Hall–Kier alpha value is -1.18. The van der Waals surface area contributed by atoms with Crippen molar-refractivity contribution in [1.82, 2.24) is 0 Å². The fourth-order valence-corrected chi connectivity index (χ4v) is 0.728. The molecule has 0 fully saturated rings. The molecule has 0 aliphatic carbocycles. The Morgan fingerprint density at radius 1 is 1.33 bits per heavy atom. The van der Waals surface area contributed by atoms with Crippen molar-refractivity contribution in [3.8, 4) is 11.5 Å². The van der Waals surface area contributed by atoms with E-state index in [-0.39, 0.29) is 11.5 Å². The lowest BCUT2D eigenvalue weighted by Gasteiger charge is -1.92. The Labute approximate surface area is 53.4 Å². The highest BCUT2D eigenvalue weighted by Gasteiger charge is 1.93. The summed E-state index contributed by atoms with van der Waals surface area (Å²) < 4.78 is 0. The van der Waals surface area contributed by atoms with Crippen molar-refractivity contribution >= 4 is 0 Å². The van der Waals surface area contributed by atoms with E-state index in [1.165, 1.54) is 12.1 Å². The van der Waals surface area contributed by atoms with Crippen molar-refractivity contribution < 1.29 is 10.2 Å². The van der Waals surface area contributed by atoms with Gasteiger partial charge in [0.1, 0.15) is 5.75 Å². The third kappa shape index (κ3) is 1.35. The summed E-state index contributed by atoms with van der Waals surface area (Å²) in [6, 6.07) is 4.20. The molecule has 1 aromatic rings. The zero-order chi connectivity index (χ0) is 6.85. The smallest absolute Gasteiger partial charge is 0.182 e. The predicted octanol–water partition coefficient (Wildman–Crippen LogP) is 1.84. The average molecular weight is 123 g/mol. The molecule has 0 bridgehead atoms. The van der Waals surface area contributed by atoms with Gasteiger partial charge in [0.05, 0.1) is 0 Å². The van der Waals surface area contributed by atoms with Crippen LogP contribution in [0.2, 0.25) is 0 Å². The first kappa shape index (κ1) is 5.95. The van der Waals surface area contributed by atoms with E-state index < -0.39 is 0 Å². The topological polar surface area (TPSA) is 40.1 Å². The summed E-state index contributed by atoms with van der Waals surface area (Å²) in [5.74, 6) is -0.104. The van der Waals surface area contributed by atoms with Crippen LogP contribution in [0, 0.1) is 6.92 Å². The monoisotopic (exact) mass is 123 g/mol. The molecule has 0 aliphatic rings. The van der Waals surface area contributed by atoms with Gasteiger partial charge in [-0.1, -0.05) is 0 Å². The van der Waals surface area contributed by atoms with Gasteiger partial charge in [-0.25, -0.2) is 0 Å². The molecule has 0 saturated carbocycles. The molecule has 1 N–H and O–H groups in total. The molecule has 47 valence electrons. The molecule has 9 heavy (non-hydrogen) atoms. The molecule has 2 heteroatoms.